The number of hydrogen-bond acceptors (Lipinski definition) is 2. The fraction of sp³-hybridized carbons (Fsp3) is 0.300. The molecule has 0 aromatic heterocycles. The van der Waals surface area contributed by atoms with Crippen LogP contribution in [0.2, 0.25) is 0 Å². The van der Waals surface area contributed by atoms with E-state index in [-0.39, 0.29) is 5.75 Å². The van der Waals surface area contributed by atoms with Gasteiger partial charge in [-0.3, -0.25) is 0 Å². The van der Waals surface area contributed by atoms with Crippen LogP contribution >= 0.6 is 0 Å². The highest BCUT2D eigenvalue weighted by atomic mass is 16.5. The molecular weight excluding hydrogens is 166 g/mol. The molecule has 0 aliphatic heterocycles. The topological polar surface area (TPSA) is 46.3 Å². The van der Waals surface area contributed by atoms with E-state index < -0.39 is 0 Å². The molecule has 1 aromatic rings. The summed E-state index contributed by atoms with van der Waals surface area (Å²) in [5.41, 5.74) is 0.807. The van der Waals surface area contributed by atoms with E-state index in [1.165, 1.54) is 6.21 Å². The van der Waals surface area contributed by atoms with Gasteiger partial charge < -0.3 is 10.3 Å². The molecule has 0 spiro atoms. The van der Waals surface area contributed by atoms with Crippen LogP contribution in [-0.4, -0.2) is 22.6 Å². The van der Waals surface area contributed by atoms with E-state index in [1.807, 2.05) is 6.92 Å². The molecule has 0 heterocycles. The SMILES string of the molecule is CCC/[N+]([O-])=C/c1ccc(O)cc1. The van der Waals surface area contributed by atoms with E-state index >= 15 is 0 Å². The Bertz CT molecular complexity index is 290. The second-order valence-corrected chi connectivity index (χ2v) is 2.86. The lowest BCUT2D eigenvalue weighted by Gasteiger charge is -2.01. The number of nitrogens with zero attached hydrogens (tertiary/aromatic N) is 1. The molecule has 1 rings (SSSR count). The van der Waals surface area contributed by atoms with Gasteiger partial charge in [0.15, 0.2) is 12.8 Å². The summed E-state index contributed by atoms with van der Waals surface area (Å²) in [5, 5.41) is 20.1. The van der Waals surface area contributed by atoms with Gasteiger partial charge in [-0.05, 0) is 24.3 Å². The van der Waals surface area contributed by atoms with Crippen LogP contribution in [-0.2, 0) is 0 Å². The van der Waals surface area contributed by atoms with Gasteiger partial charge >= 0.3 is 0 Å². The van der Waals surface area contributed by atoms with E-state index in [1.54, 1.807) is 24.3 Å². The predicted octanol–water partition coefficient (Wildman–Crippen LogP) is 1.73. The average Bonchev–Trinajstić information content (AvgIpc) is 2.09. The van der Waals surface area contributed by atoms with Gasteiger partial charge in [0.2, 0.25) is 0 Å². The smallest absolute Gasteiger partial charge is 0.181 e. The Morgan fingerprint density at radius 3 is 2.54 bits per heavy atom. The van der Waals surface area contributed by atoms with Crippen molar-refractivity contribution in [2.24, 2.45) is 0 Å². The number of rotatable bonds is 3. The second kappa shape index (κ2) is 4.50. The van der Waals surface area contributed by atoms with Crippen molar-refractivity contribution < 1.29 is 9.85 Å². The molecule has 0 saturated carbocycles. The Labute approximate surface area is 77.5 Å². The van der Waals surface area contributed by atoms with Crippen molar-refractivity contribution in [3.63, 3.8) is 0 Å². The van der Waals surface area contributed by atoms with Crippen molar-refractivity contribution in [3.8, 4) is 5.75 Å². The zero-order chi connectivity index (χ0) is 9.68. The quantitative estimate of drug-likeness (QED) is 0.332. The highest BCUT2D eigenvalue weighted by Crippen LogP contribution is 2.07. The third-order valence-electron chi connectivity index (χ3n) is 1.63. The zero-order valence-corrected chi connectivity index (χ0v) is 7.60. The highest BCUT2D eigenvalue weighted by Gasteiger charge is 1.94. The molecule has 0 fully saturated rings. The molecule has 0 aliphatic carbocycles. The molecule has 0 aliphatic rings. The lowest BCUT2D eigenvalue weighted by atomic mass is 10.2. The van der Waals surface area contributed by atoms with Crippen molar-refractivity contribution in [2.75, 3.05) is 6.54 Å². The molecule has 3 nitrogen and oxygen atoms in total. The maximum absolute atomic E-state index is 11.1. The molecule has 0 atom stereocenters. The molecular formula is C10H13NO2. The summed E-state index contributed by atoms with van der Waals surface area (Å²) in [6.45, 7) is 2.45. The zero-order valence-electron chi connectivity index (χ0n) is 7.60. The van der Waals surface area contributed by atoms with Crippen LogP contribution < -0.4 is 0 Å². The van der Waals surface area contributed by atoms with Gasteiger partial charge in [0.05, 0.1) is 0 Å². The Morgan fingerprint density at radius 2 is 2.00 bits per heavy atom. The predicted molar refractivity (Wildman–Crippen MR) is 52.1 cm³/mol. The maximum Gasteiger partial charge on any atom is 0.181 e. The molecule has 0 amide bonds. The Hall–Kier alpha value is -1.51. The summed E-state index contributed by atoms with van der Waals surface area (Å²) in [6, 6.07) is 6.53. The van der Waals surface area contributed by atoms with E-state index in [0.717, 1.165) is 16.7 Å². The van der Waals surface area contributed by atoms with Crippen molar-refractivity contribution in [1.29, 1.82) is 0 Å². The Kier molecular flexibility index (Phi) is 3.31. The second-order valence-electron chi connectivity index (χ2n) is 2.86. The number of hydrogen-bond donors (Lipinski definition) is 1. The van der Waals surface area contributed by atoms with Crippen molar-refractivity contribution in [3.05, 3.63) is 35.0 Å². The van der Waals surface area contributed by atoms with Gasteiger partial charge in [0.25, 0.3) is 0 Å². The van der Waals surface area contributed by atoms with E-state index in [4.69, 9.17) is 5.11 Å². The lowest BCUT2D eigenvalue weighted by Crippen LogP contribution is -2.06. The molecule has 3 heteroatoms. The van der Waals surface area contributed by atoms with Gasteiger partial charge in [-0.25, -0.2) is 4.74 Å². The summed E-state index contributed by atoms with van der Waals surface area (Å²) < 4.78 is 0.895. The number of aromatic hydroxyl groups is 1. The van der Waals surface area contributed by atoms with Crippen LogP contribution in [0.4, 0.5) is 0 Å². The Balaban J connectivity index is 2.73. The molecule has 0 radical (unpaired) electrons. The average molecular weight is 179 g/mol. The maximum atomic E-state index is 11.1. The summed E-state index contributed by atoms with van der Waals surface area (Å²) in [6.07, 6.45) is 2.35. The number of phenols is 1. The highest BCUT2D eigenvalue weighted by molar-refractivity contribution is 5.75. The van der Waals surface area contributed by atoms with E-state index in [9.17, 15) is 5.21 Å². The Morgan fingerprint density at radius 1 is 1.38 bits per heavy atom. The van der Waals surface area contributed by atoms with E-state index in [2.05, 4.69) is 0 Å². The first-order valence-electron chi connectivity index (χ1n) is 4.30. The summed E-state index contributed by atoms with van der Waals surface area (Å²) in [5.74, 6) is 0.213. The van der Waals surface area contributed by atoms with Gasteiger partial charge in [-0.2, -0.15) is 0 Å². The largest absolute Gasteiger partial charge is 0.624 e. The fourth-order valence-corrected chi connectivity index (χ4v) is 1.01. The van der Waals surface area contributed by atoms with Crippen LogP contribution in [0.15, 0.2) is 24.3 Å². The first-order chi connectivity index (χ1) is 6.22. The minimum Gasteiger partial charge on any atom is -0.624 e. The normalized spacial score (nSPS) is 11.6. The van der Waals surface area contributed by atoms with Crippen LogP contribution in [0.5, 0.6) is 5.75 Å². The number of benzene rings is 1. The van der Waals surface area contributed by atoms with Gasteiger partial charge in [0.1, 0.15) is 5.75 Å². The molecule has 13 heavy (non-hydrogen) atoms. The van der Waals surface area contributed by atoms with Crippen LogP contribution in [0, 0.1) is 5.21 Å². The van der Waals surface area contributed by atoms with Gasteiger partial charge in [-0.15, -0.1) is 0 Å². The summed E-state index contributed by atoms with van der Waals surface area (Å²) in [7, 11) is 0. The summed E-state index contributed by atoms with van der Waals surface area (Å²) >= 11 is 0. The monoisotopic (exact) mass is 179 g/mol. The molecule has 0 bridgehead atoms. The lowest BCUT2D eigenvalue weighted by molar-refractivity contribution is -0.452. The standard InChI is InChI=1S/C10H13NO2/c1-2-7-11(13)8-9-3-5-10(12)6-4-9/h3-6,8,12H,2,7H2,1H3/b11-8-. The van der Waals surface area contributed by atoms with Crippen LogP contribution in [0.3, 0.4) is 0 Å². The molecule has 70 valence electrons. The molecule has 1 N–H and O–H groups in total. The minimum absolute atomic E-state index is 0.213. The number of hydroxylamine groups is 1. The fourth-order valence-electron chi connectivity index (χ4n) is 1.01. The van der Waals surface area contributed by atoms with Crippen molar-refractivity contribution >= 4 is 6.21 Å². The summed E-state index contributed by atoms with van der Waals surface area (Å²) in [4.78, 5) is 0. The molecule has 0 unspecified atom stereocenters. The van der Waals surface area contributed by atoms with Crippen LogP contribution in [0.1, 0.15) is 18.9 Å². The number of phenolic OH excluding ortho intramolecular Hbond substituents is 1. The molecule has 0 saturated heterocycles. The first kappa shape index (κ1) is 9.58. The molecule has 1 aromatic carbocycles. The third-order valence-corrected chi connectivity index (χ3v) is 1.63. The van der Waals surface area contributed by atoms with Crippen molar-refractivity contribution in [2.45, 2.75) is 13.3 Å². The first-order valence-corrected chi connectivity index (χ1v) is 4.30. The van der Waals surface area contributed by atoms with E-state index in [0.29, 0.717) is 6.54 Å². The van der Waals surface area contributed by atoms with Gasteiger partial charge in [-0.1, -0.05) is 6.92 Å². The van der Waals surface area contributed by atoms with Crippen molar-refractivity contribution in [1.82, 2.24) is 0 Å². The minimum atomic E-state index is 0.213. The van der Waals surface area contributed by atoms with Crippen LogP contribution in [0.25, 0.3) is 0 Å². The van der Waals surface area contributed by atoms with Gasteiger partial charge in [0, 0.05) is 12.0 Å². The third kappa shape index (κ3) is 3.15.